The molecule has 5 heterocycles. The van der Waals surface area contributed by atoms with Crippen LogP contribution in [0.15, 0.2) is 24.3 Å². The number of aromatic amines is 2. The summed E-state index contributed by atoms with van der Waals surface area (Å²) in [5, 5.41) is 10.3. The molecule has 0 fully saturated rings. The van der Waals surface area contributed by atoms with Gasteiger partial charge in [-0.15, -0.1) is 0 Å². The molecule has 8 bridgehead atoms. The molecule has 3 N–H and O–H groups in total. The van der Waals surface area contributed by atoms with Crippen LogP contribution in [-0.4, -0.2) is 38.1 Å². The van der Waals surface area contributed by atoms with E-state index < -0.39 is 0 Å². The fraction of sp³-hybridized carbons (Fsp3) is 0.406. The van der Waals surface area contributed by atoms with Gasteiger partial charge in [0.15, 0.2) is 0 Å². The van der Waals surface area contributed by atoms with Gasteiger partial charge in [-0.1, -0.05) is 13.8 Å². The zero-order chi connectivity index (χ0) is 28.0. The number of ether oxygens (including phenoxy) is 1. The second-order valence-electron chi connectivity index (χ2n) is 10.8. The largest absolute Gasteiger partial charge is 0.469 e. The number of carbonyl (C=O) groups is 1. The first-order valence-electron chi connectivity index (χ1n) is 13.8. The van der Waals surface area contributed by atoms with Crippen LogP contribution >= 0.6 is 0 Å². The topological polar surface area (TPSA) is 104 Å². The molecule has 0 saturated heterocycles. The minimum atomic E-state index is -0.209. The summed E-state index contributed by atoms with van der Waals surface area (Å²) >= 11 is 0. The van der Waals surface area contributed by atoms with Crippen LogP contribution in [0, 0.1) is 20.8 Å². The quantitative estimate of drug-likeness (QED) is 0.221. The van der Waals surface area contributed by atoms with Crippen molar-refractivity contribution in [2.24, 2.45) is 0 Å². The number of hydrogen-bond acceptors (Lipinski definition) is 5. The van der Waals surface area contributed by atoms with Crippen molar-refractivity contribution < 1.29 is 31.7 Å². The summed E-state index contributed by atoms with van der Waals surface area (Å²) in [4.78, 5) is 29.4. The van der Waals surface area contributed by atoms with E-state index in [4.69, 9.17) is 14.7 Å². The van der Waals surface area contributed by atoms with Crippen molar-refractivity contribution in [3.05, 3.63) is 69.3 Å². The molecule has 8 heteroatoms. The van der Waals surface area contributed by atoms with Crippen molar-refractivity contribution in [2.75, 3.05) is 7.11 Å². The summed E-state index contributed by atoms with van der Waals surface area (Å²) in [5.74, 6) is -0.0220. The van der Waals surface area contributed by atoms with E-state index in [9.17, 15) is 9.90 Å². The molecule has 0 saturated carbocycles. The number of allylic oxidation sites excluding steroid dienone is 2. The second-order valence-corrected chi connectivity index (χ2v) is 10.8. The summed E-state index contributed by atoms with van der Waals surface area (Å²) in [6.07, 6.45) is 1.87. The molecule has 7 nitrogen and oxygen atoms in total. The molecule has 40 heavy (non-hydrogen) atoms. The third kappa shape index (κ3) is 5.16. The van der Waals surface area contributed by atoms with Crippen molar-refractivity contribution in [1.29, 1.82) is 0 Å². The number of esters is 1. The van der Waals surface area contributed by atoms with E-state index in [0.29, 0.717) is 12.8 Å². The molecule has 2 unspecified atom stereocenters. The number of H-pyrrole nitrogens is 2. The number of nitrogens with one attached hydrogen (secondary N) is 2. The molecule has 0 aliphatic carbocycles. The first kappa shape index (κ1) is 29.8. The molecule has 0 amide bonds. The van der Waals surface area contributed by atoms with Crippen LogP contribution in [0.1, 0.15) is 96.9 Å². The van der Waals surface area contributed by atoms with E-state index in [1.54, 1.807) is 0 Å². The molecule has 0 aromatic carbocycles. The van der Waals surface area contributed by atoms with Gasteiger partial charge in [-0.2, -0.15) is 0 Å². The first-order valence-corrected chi connectivity index (χ1v) is 13.8. The first-order chi connectivity index (χ1) is 18.7. The zero-order valence-electron chi connectivity index (χ0n) is 24.3. The molecule has 2 aliphatic rings. The number of nitrogens with zero attached hydrogens (tertiary/aromatic N) is 2. The smallest absolute Gasteiger partial charge is 0.305 e. The molecule has 215 valence electrons. The Kier molecular flexibility index (Phi) is 8.74. The van der Waals surface area contributed by atoms with Gasteiger partial charge in [-0.25, -0.2) is 4.98 Å². The minimum absolute atomic E-state index is 0. The Bertz CT molecular complexity index is 1660. The molecule has 2 aliphatic heterocycles. The average Bonchev–Trinajstić information content (AvgIpc) is 3.61. The van der Waals surface area contributed by atoms with E-state index in [0.717, 1.165) is 79.1 Å². The SMILES string of the molecule is CCC1=C(C)c2cc3[nH]c(cc4nc(c(C)c5cc(C)c(cc1n2)[nH]5)C(CCC(=O)OC)C4C)c(C)c3CO.[Cu]. The van der Waals surface area contributed by atoms with Gasteiger partial charge in [-0.3, -0.25) is 9.78 Å². The van der Waals surface area contributed by atoms with Gasteiger partial charge in [0.05, 0.1) is 25.1 Å². The predicted octanol–water partition coefficient (Wildman–Crippen LogP) is 6.91. The monoisotopic (exact) mass is 589 g/mol. The van der Waals surface area contributed by atoms with Crippen LogP contribution in [0.3, 0.4) is 0 Å². The number of methoxy groups -OCH3 is 1. The van der Waals surface area contributed by atoms with E-state index >= 15 is 0 Å². The Morgan fingerprint density at radius 1 is 0.950 bits per heavy atom. The zero-order valence-corrected chi connectivity index (χ0v) is 25.2. The Morgan fingerprint density at radius 3 is 2.30 bits per heavy atom. The maximum absolute atomic E-state index is 12.1. The van der Waals surface area contributed by atoms with Crippen LogP contribution in [0.4, 0.5) is 0 Å². The summed E-state index contributed by atoms with van der Waals surface area (Å²) in [6, 6.07) is 8.46. The number of aryl methyl sites for hydroxylation is 3. The van der Waals surface area contributed by atoms with Crippen molar-refractivity contribution in [1.82, 2.24) is 19.9 Å². The van der Waals surface area contributed by atoms with Crippen LogP contribution in [0.25, 0.3) is 33.2 Å². The van der Waals surface area contributed by atoms with Crippen molar-refractivity contribution >= 4 is 39.2 Å². The minimum Gasteiger partial charge on any atom is -0.469 e. The molecule has 3 aromatic heterocycles. The standard InChI is InChI=1S/C32H38N4O3.Cu/c1-8-21-17(3)27-14-30-23(15-37)19(5)26(35-30)13-28-18(4)22(9-10-31(38)39-7)32(36-28)20(6)25-11-16(2)24(33-25)12-29(21)34-27;/h11-14,18,22,33,35,37H,8-10,15H2,1-7H3;. The Labute approximate surface area is 246 Å². The van der Waals surface area contributed by atoms with Gasteiger partial charge >= 0.3 is 5.97 Å². The predicted molar refractivity (Wildman–Crippen MR) is 156 cm³/mol. The third-order valence-electron chi connectivity index (χ3n) is 8.61. The molecule has 5 rings (SSSR count). The maximum Gasteiger partial charge on any atom is 0.305 e. The third-order valence-corrected chi connectivity index (χ3v) is 8.61. The molecular formula is C32H38CuN4O3. The maximum atomic E-state index is 12.1. The number of aliphatic hydroxyl groups excluding tert-OH is 1. The van der Waals surface area contributed by atoms with Crippen molar-refractivity contribution in [3.63, 3.8) is 0 Å². The van der Waals surface area contributed by atoms with Crippen LogP contribution < -0.4 is 0 Å². The Hall–Kier alpha value is -3.19. The van der Waals surface area contributed by atoms with E-state index in [2.05, 4.69) is 68.9 Å². The van der Waals surface area contributed by atoms with Gasteiger partial charge in [0.2, 0.25) is 0 Å². The van der Waals surface area contributed by atoms with E-state index in [-0.39, 0.29) is 41.5 Å². The van der Waals surface area contributed by atoms with Gasteiger partial charge in [-0.05, 0) is 92.6 Å². The van der Waals surface area contributed by atoms with Gasteiger partial charge < -0.3 is 19.8 Å². The summed E-state index contributed by atoms with van der Waals surface area (Å²) in [6.45, 7) is 12.6. The molecule has 2 atom stereocenters. The number of aliphatic hydroxyl groups is 1. The van der Waals surface area contributed by atoms with Gasteiger partial charge in [0.1, 0.15) is 0 Å². The fourth-order valence-electron chi connectivity index (χ4n) is 6.02. The van der Waals surface area contributed by atoms with Crippen molar-refractivity contribution in [3.8, 4) is 0 Å². The van der Waals surface area contributed by atoms with Crippen molar-refractivity contribution in [2.45, 2.75) is 79.2 Å². The Balaban J connectivity index is 0.00000370. The average molecular weight is 590 g/mol. The summed E-state index contributed by atoms with van der Waals surface area (Å²) in [5.41, 5.74) is 14.1. The molecular weight excluding hydrogens is 552 g/mol. The van der Waals surface area contributed by atoms with Crippen LogP contribution in [0.5, 0.6) is 0 Å². The fourth-order valence-corrected chi connectivity index (χ4v) is 6.02. The van der Waals surface area contributed by atoms with Crippen LogP contribution in [0.2, 0.25) is 0 Å². The molecule has 1 radical (unpaired) electrons. The number of hydrogen-bond donors (Lipinski definition) is 3. The number of aromatic nitrogens is 4. The normalized spacial score (nSPS) is 16.7. The van der Waals surface area contributed by atoms with Crippen LogP contribution in [-0.2, 0) is 33.2 Å². The number of fused-ring (bicyclic) bond motifs is 8. The Morgan fingerprint density at radius 2 is 1.62 bits per heavy atom. The molecule has 0 spiro atoms. The summed E-state index contributed by atoms with van der Waals surface area (Å²) in [7, 11) is 1.43. The van der Waals surface area contributed by atoms with E-state index in [1.807, 2.05) is 6.92 Å². The molecule has 3 aromatic rings. The number of carbonyl (C=O) groups excluding carboxylic acids is 1. The van der Waals surface area contributed by atoms with Gasteiger partial charge in [0, 0.05) is 74.3 Å². The second kappa shape index (κ2) is 11.7. The summed E-state index contributed by atoms with van der Waals surface area (Å²) < 4.78 is 4.95. The number of rotatable bonds is 5. The van der Waals surface area contributed by atoms with E-state index in [1.165, 1.54) is 12.7 Å². The van der Waals surface area contributed by atoms with Gasteiger partial charge in [0.25, 0.3) is 0 Å².